The van der Waals surface area contributed by atoms with Crippen LogP contribution >= 0.6 is 0 Å². The quantitative estimate of drug-likeness (QED) is 0.294. The van der Waals surface area contributed by atoms with Crippen LogP contribution in [0.4, 0.5) is 4.79 Å². The van der Waals surface area contributed by atoms with E-state index in [1.54, 1.807) is 0 Å². The Bertz CT molecular complexity index is 685. The van der Waals surface area contributed by atoms with Gasteiger partial charge in [-0.15, -0.1) is 6.58 Å². The first-order valence-corrected chi connectivity index (χ1v) is 11.6. The van der Waals surface area contributed by atoms with E-state index in [2.05, 4.69) is 12.7 Å². The van der Waals surface area contributed by atoms with Crippen molar-refractivity contribution < 1.29 is 14.3 Å². The molecule has 2 aliphatic heterocycles. The summed E-state index contributed by atoms with van der Waals surface area (Å²) in [6.07, 6.45) is 16.4. The molecule has 1 saturated heterocycles. The van der Waals surface area contributed by atoms with Crippen LogP contribution in [0.5, 0.6) is 0 Å². The SMILES string of the molecule is C=CCCCCCCCCCC1=CC2COCC(C1)N2C(=O)OCc1ccccc1. The fourth-order valence-electron chi connectivity index (χ4n) is 4.47. The average molecular weight is 412 g/mol. The lowest BCUT2D eigenvalue weighted by molar-refractivity contribution is -0.0375. The van der Waals surface area contributed by atoms with E-state index in [4.69, 9.17) is 9.47 Å². The van der Waals surface area contributed by atoms with Gasteiger partial charge in [0.05, 0.1) is 25.3 Å². The molecule has 0 aromatic heterocycles. The smallest absolute Gasteiger partial charge is 0.411 e. The van der Waals surface area contributed by atoms with Crippen molar-refractivity contribution in [3.63, 3.8) is 0 Å². The summed E-state index contributed by atoms with van der Waals surface area (Å²) in [5, 5.41) is 0. The van der Waals surface area contributed by atoms with Crippen LogP contribution in [0.15, 0.2) is 54.6 Å². The van der Waals surface area contributed by atoms with Gasteiger partial charge in [-0.25, -0.2) is 4.79 Å². The second-order valence-corrected chi connectivity index (χ2v) is 8.54. The van der Waals surface area contributed by atoms with E-state index in [0.29, 0.717) is 19.8 Å². The lowest BCUT2D eigenvalue weighted by atomic mass is 9.91. The van der Waals surface area contributed by atoms with Gasteiger partial charge in [0.25, 0.3) is 0 Å². The minimum Gasteiger partial charge on any atom is -0.445 e. The first-order chi connectivity index (χ1) is 14.8. The van der Waals surface area contributed by atoms with Crippen molar-refractivity contribution in [3.8, 4) is 0 Å². The van der Waals surface area contributed by atoms with E-state index in [0.717, 1.165) is 24.8 Å². The molecule has 1 fully saturated rings. The number of allylic oxidation sites excluding steroid dienone is 1. The molecule has 2 aliphatic rings. The van der Waals surface area contributed by atoms with Crippen LogP contribution in [0, 0.1) is 0 Å². The number of amides is 1. The molecule has 1 aromatic carbocycles. The standard InChI is InChI=1S/C26H37NO3/c1-2-3-4-5-6-7-8-9-11-16-23-17-24-20-29-21-25(18-23)27(24)26(28)30-19-22-14-12-10-13-15-22/h2,10,12-15,17,24-25H,1,3-9,11,16,18-21H2. The van der Waals surface area contributed by atoms with Crippen molar-refractivity contribution in [2.24, 2.45) is 0 Å². The molecule has 2 atom stereocenters. The monoisotopic (exact) mass is 411 g/mol. The summed E-state index contributed by atoms with van der Waals surface area (Å²) in [4.78, 5) is 14.6. The summed E-state index contributed by atoms with van der Waals surface area (Å²) in [5.74, 6) is 0. The molecule has 0 spiro atoms. The van der Waals surface area contributed by atoms with E-state index in [-0.39, 0.29) is 18.2 Å². The fraction of sp³-hybridized carbons (Fsp3) is 0.577. The van der Waals surface area contributed by atoms with Gasteiger partial charge in [0.2, 0.25) is 0 Å². The van der Waals surface area contributed by atoms with Crippen LogP contribution in [-0.4, -0.2) is 36.3 Å². The molecule has 30 heavy (non-hydrogen) atoms. The van der Waals surface area contributed by atoms with Crippen molar-refractivity contribution in [2.75, 3.05) is 13.2 Å². The van der Waals surface area contributed by atoms with E-state index in [1.807, 2.05) is 41.3 Å². The molecule has 1 aromatic rings. The molecule has 0 radical (unpaired) electrons. The zero-order chi connectivity index (χ0) is 21.0. The Kier molecular flexibility index (Phi) is 9.49. The molecule has 2 heterocycles. The molecule has 1 amide bonds. The van der Waals surface area contributed by atoms with Crippen LogP contribution in [0.25, 0.3) is 0 Å². The molecule has 4 nitrogen and oxygen atoms in total. The normalized spacial score (nSPS) is 20.5. The van der Waals surface area contributed by atoms with E-state index >= 15 is 0 Å². The van der Waals surface area contributed by atoms with Crippen LogP contribution < -0.4 is 0 Å². The fourth-order valence-corrected chi connectivity index (χ4v) is 4.47. The first kappa shape index (κ1) is 22.6. The maximum Gasteiger partial charge on any atom is 0.411 e. The third kappa shape index (κ3) is 7.02. The Hall–Kier alpha value is -2.07. The highest BCUT2D eigenvalue weighted by molar-refractivity contribution is 5.69. The molecular weight excluding hydrogens is 374 g/mol. The summed E-state index contributed by atoms with van der Waals surface area (Å²) in [6, 6.07) is 9.97. The van der Waals surface area contributed by atoms with E-state index < -0.39 is 0 Å². The number of unbranched alkanes of at least 4 members (excludes halogenated alkanes) is 7. The highest BCUT2D eigenvalue weighted by Gasteiger charge is 2.38. The number of carbonyl (C=O) groups excluding carboxylic acids is 1. The molecule has 0 saturated carbocycles. The van der Waals surface area contributed by atoms with Gasteiger partial charge in [-0.2, -0.15) is 0 Å². The van der Waals surface area contributed by atoms with Gasteiger partial charge in [-0.3, -0.25) is 4.90 Å². The Labute approximate surface area is 181 Å². The molecule has 2 unspecified atom stereocenters. The number of hydrogen-bond donors (Lipinski definition) is 0. The van der Waals surface area contributed by atoms with Crippen molar-refractivity contribution >= 4 is 6.09 Å². The van der Waals surface area contributed by atoms with Gasteiger partial charge in [0, 0.05) is 0 Å². The maximum atomic E-state index is 12.7. The lowest BCUT2D eigenvalue weighted by Crippen LogP contribution is -2.56. The minimum atomic E-state index is -0.219. The second-order valence-electron chi connectivity index (χ2n) is 8.54. The number of carbonyl (C=O) groups is 1. The topological polar surface area (TPSA) is 38.8 Å². The van der Waals surface area contributed by atoms with Gasteiger partial charge in [-0.1, -0.05) is 80.2 Å². The zero-order valence-electron chi connectivity index (χ0n) is 18.3. The summed E-state index contributed by atoms with van der Waals surface area (Å²) in [7, 11) is 0. The Morgan fingerprint density at radius 3 is 2.53 bits per heavy atom. The molecule has 4 heteroatoms. The maximum absolute atomic E-state index is 12.7. The molecule has 0 aliphatic carbocycles. The largest absolute Gasteiger partial charge is 0.445 e. The van der Waals surface area contributed by atoms with Gasteiger partial charge in [0.1, 0.15) is 6.61 Å². The van der Waals surface area contributed by atoms with Crippen molar-refractivity contribution in [2.45, 2.75) is 82.9 Å². The van der Waals surface area contributed by atoms with Crippen molar-refractivity contribution in [1.29, 1.82) is 0 Å². The number of fused-ring (bicyclic) bond motifs is 2. The molecule has 164 valence electrons. The average Bonchev–Trinajstić information content (AvgIpc) is 2.76. The van der Waals surface area contributed by atoms with E-state index in [9.17, 15) is 4.79 Å². The van der Waals surface area contributed by atoms with Crippen molar-refractivity contribution in [3.05, 3.63) is 60.2 Å². The summed E-state index contributed by atoms with van der Waals surface area (Å²) in [5.41, 5.74) is 2.51. The zero-order valence-corrected chi connectivity index (χ0v) is 18.3. The Morgan fingerprint density at radius 1 is 1.07 bits per heavy atom. The number of ether oxygens (including phenoxy) is 2. The highest BCUT2D eigenvalue weighted by atomic mass is 16.6. The minimum absolute atomic E-state index is 0.0145. The Morgan fingerprint density at radius 2 is 1.80 bits per heavy atom. The van der Waals surface area contributed by atoms with Gasteiger partial charge in [0.15, 0.2) is 0 Å². The van der Waals surface area contributed by atoms with Crippen LogP contribution in [0.1, 0.15) is 69.8 Å². The van der Waals surface area contributed by atoms with E-state index in [1.165, 1.54) is 50.5 Å². The van der Waals surface area contributed by atoms with Gasteiger partial charge >= 0.3 is 6.09 Å². The number of morpholine rings is 1. The molecular formula is C26H37NO3. The summed E-state index contributed by atoms with van der Waals surface area (Å²) in [6.45, 7) is 5.28. The predicted molar refractivity (Wildman–Crippen MR) is 121 cm³/mol. The molecule has 2 bridgehead atoms. The second kappa shape index (κ2) is 12.6. The number of benzene rings is 1. The third-order valence-electron chi connectivity index (χ3n) is 6.10. The first-order valence-electron chi connectivity index (χ1n) is 11.6. The third-order valence-corrected chi connectivity index (χ3v) is 6.10. The van der Waals surface area contributed by atoms with Gasteiger partial charge in [-0.05, 0) is 37.7 Å². The van der Waals surface area contributed by atoms with Crippen LogP contribution in [-0.2, 0) is 16.1 Å². The number of nitrogens with zero attached hydrogens (tertiary/aromatic N) is 1. The predicted octanol–water partition coefficient (Wildman–Crippen LogP) is 6.42. The van der Waals surface area contributed by atoms with Gasteiger partial charge < -0.3 is 9.47 Å². The summed E-state index contributed by atoms with van der Waals surface area (Å²) >= 11 is 0. The lowest BCUT2D eigenvalue weighted by Gasteiger charge is -2.43. The molecule has 0 N–H and O–H groups in total. The number of hydrogen-bond acceptors (Lipinski definition) is 3. The van der Waals surface area contributed by atoms with Crippen LogP contribution in [0.3, 0.4) is 0 Å². The summed E-state index contributed by atoms with van der Waals surface area (Å²) < 4.78 is 11.3. The van der Waals surface area contributed by atoms with Crippen LogP contribution in [0.2, 0.25) is 0 Å². The van der Waals surface area contributed by atoms with Crippen molar-refractivity contribution in [1.82, 2.24) is 4.90 Å². The Balaban J connectivity index is 1.39. The highest BCUT2D eigenvalue weighted by Crippen LogP contribution is 2.30. The number of rotatable bonds is 12. The molecule has 3 rings (SSSR count).